The second-order valence-electron chi connectivity index (χ2n) is 12.0. The smallest absolute Gasteiger partial charge is 0.434 e. The third kappa shape index (κ3) is 5.08. The molecule has 1 unspecified atom stereocenters. The zero-order chi connectivity index (χ0) is 29.3. The molecule has 0 heterocycles. The van der Waals surface area contributed by atoms with Crippen LogP contribution in [0.5, 0.6) is 0 Å². The number of unbranched alkanes of at least 4 members (excludes halogenated alkanes) is 1. The fourth-order valence-electron chi connectivity index (χ4n) is 7.95. The van der Waals surface area contributed by atoms with Gasteiger partial charge in [0.15, 0.2) is 18.0 Å². The van der Waals surface area contributed by atoms with E-state index >= 15 is 4.39 Å². The molecule has 4 rings (SSSR count). The zero-order valence-electron chi connectivity index (χ0n) is 23.8. The van der Waals surface area contributed by atoms with E-state index in [1.807, 2.05) is 20.8 Å². The number of alkyl halides is 1. The SMILES string of the molecule is CCCCOC(=O)OCC(=O)[C@@]1(OC(=O)OCCC)CC[C@H]2[C@@H]3C[C@H](F)C4=CC(=O)C=C[C@]4(C)[C@H]3C(O)C[C@@]21C. The molecular formula is C30H41FO9. The molecule has 10 heteroatoms. The Balaban J connectivity index is 1.65. The maximum atomic E-state index is 15.7. The van der Waals surface area contributed by atoms with Crippen LogP contribution in [-0.4, -0.2) is 66.7 Å². The first-order valence-electron chi connectivity index (χ1n) is 14.4. The van der Waals surface area contributed by atoms with E-state index in [0.29, 0.717) is 24.8 Å². The van der Waals surface area contributed by atoms with Crippen LogP contribution in [0, 0.1) is 28.6 Å². The molecule has 4 aliphatic rings. The van der Waals surface area contributed by atoms with Gasteiger partial charge in [0.1, 0.15) is 6.17 Å². The van der Waals surface area contributed by atoms with E-state index in [1.54, 1.807) is 13.0 Å². The molecule has 3 saturated carbocycles. The van der Waals surface area contributed by atoms with Crippen LogP contribution < -0.4 is 0 Å². The Morgan fingerprint density at radius 1 is 1.07 bits per heavy atom. The number of ether oxygens (including phenoxy) is 4. The quantitative estimate of drug-likeness (QED) is 0.303. The Bertz CT molecular complexity index is 1090. The van der Waals surface area contributed by atoms with Crippen molar-refractivity contribution in [3.05, 3.63) is 23.8 Å². The van der Waals surface area contributed by atoms with Crippen LogP contribution in [0.15, 0.2) is 23.8 Å². The summed E-state index contributed by atoms with van der Waals surface area (Å²) < 4.78 is 36.8. The molecule has 0 aromatic carbocycles. The second kappa shape index (κ2) is 11.6. The summed E-state index contributed by atoms with van der Waals surface area (Å²) in [6.45, 7) is 6.97. The Kier molecular flexibility index (Phi) is 8.78. The Morgan fingerprint density at radius 3 is 2.50 bits per heavy atom. The van der Waals surface area contributed by atoms with Gasteiger partial charge in [-0.1, -0.05) is 40.2 Å². The zero-order valence-corrected chi connectivity index (χ0v) is 23.8. The van der Waals surface area contributed by atoms with Crippen LogP contribution in [0.25, 0.3) is 0 Å². The second-order valence-corrected chi connectivity index (χ2v) is 12.0. The molecule has 4 aliphatic carbocycles. The maximum absolute atomic E-state index is 15.7. The molecule has 0 spiro atoms. The van der Waals surface area contributed by atoms with Crippen molar-refractivity contribution in [2.45, 2.75) is 90.5 Å². The number of allylic oxidation sites excluding steroid dienone is 4. The fraction of sp³-hybridized carbons (Fsp3) is 0.733. The molecule has 0 radical (unpaired) electrons. The fourth-order valence-corrected chi connectivity index (χ4v) is 7.95. The molecule has 8 atom stereocenters. The standard InChI is InChI=1S/C30H41FO9/c1-5-7-13-38-26(35)39-17-24(34)30(40-27(36)37-12-6-2)11-9-20-19-15-22(31)21-14-18(32)8-10-28(21,3)25(19)23(33)16-29(20,30)4/h8,10,14,19-20,22-23,25,33H,5-7,9,11-13,15-17H2,1-4H3/t19-,20-,22-,23?,25+,28-,29-,30-/m0/s1. The number of halogens is 1. The largest absolute Gasteiger partial charge is 0.509 e. The van der Waals surface area contributed by atoms with Gasteiger partial charge in [0, 0.05) is 16.7 Å². The van der Waals surface area contributed by atoms with E-state index in [2.05, 4.69) is 0 Å². The maximum Gasteiger partial charge on any atom is 0.509 e. The number of Topliss-reactive ketones (excluding diaryl/α,β-unsaturated/α-hetero) is 1. The molecule has 0 bridgehead atoms. The number of carbonyl (C=O) groups excluding carboxylic acids is 4. The summed E-state index contributed by atoms with van der Waals surface area (Å²) in [5, 5.41) is 11.6. The average molecular weight is 565 g/mol. The highest BCUT2D eigenvalue weighted by Gasteiger charge is 2.71. The molecule has 1 N–H and O–H groups in total. The number of hydrogen-bond acceptors (Lipinski definition) is 9. The molecule has 3 fully saturated rings. The van der Waals surface area contributed by atoms with Gasteiger partial charge in [-0.15, -0.1) is 0 Å². The number of aliphatic hydroxyl groups excluding tert-OH is 1. The predicted molar refractivity (Wildman–Crippen MR) is 141 cm³/mol. The lowest BCUT2D eigenvalue weighted by Gasteiger charge is -2.60. The first-order chi connectivity index (χ1) is 18.9. The highest BCUT2D eigenvalue weighted by Crippen LogP contribution is 2.68. The summed E-state index contributed by atoms with van der Waals surface area (Å²) in [6, 6.07) is 0. The van der Waals surface area contributed by atoms with Gasteiger partial charge in [0.25, 0.3) is 0 Å². The molecule has 9 nitrogen and oxygen atoms in total. The Hall–Kier alpha value is -2.75. The molecule has 0 aromatic rings. The average Bonchev–Trinajstić information content (AvgIpc) is 3.19. The van der Waals surface area contributed by atoms with Crippen LogP contribution in [0.3, 0.4) is 0 Å². The summed E-state index contributed by atoms with van der Waals surface area (Å²) in [4.78, 5) is 50.8. The number of ketones is 2. The van der Waals surface area contributed by atoms with E-state index in [9.17, 15) is 24.3 Å². The predicted octanol–water partition coefficient (Wildman–Crippen LogP) is 5.04. The van der Waals surface area contributed by atoms with Crippen LogP contribution in [0.1, 0.15) is 72.6 Å². The highest BCUT2D eigenvalue weighted by molar-refractivity contribution is 6.01. The monoisotopic (exact) mass is 564 g/mol. The Labute approximate surface area is 234 Å². The summed E-state index contributed by atoms with van der Waals surface area (Å²) in [7, 11) is 0. The third-order valence-corrected chi connectivity index (χ3v) is 9.77. The van der Waals surface area contributed by atoms with Gasteiger partial charge in [0.2, 0.25) is 5.78 Å². The first-order valence-corrected chi connectivity index (χ1v) is 14.4. The molecule has 0 aromatic heterocycles. The summed E-state index contributed by atoms with van der Waals surface area (Å²) in [6.07, 6.45) is 2.81. The van der Waals surface area contributed by atoms with Crippen LogP contribution in [-0.2, 0) is 28.5 Å². The lowest BCUT2D eigenvalue weighted by atomic mass is 9.46. The Morgan fingerprint density at radius 2 is 1.80 bits per heavy atom. The van der Waals surface area contributed by atoms with Crippen molar-refractivity contribution in [1.29, 1.82) is 0 Å². The van der Waals surface area contributed by atoms with E-state index in [0.717, 1.165) is 6.42 Å². The van der Waals surface area contributed by atoms with E-state index < -0.39 is 59.3 Å². The minimum atomic E-state index is -1.75. The number of fused-ring (bicyclic) bond motifs is 5. The number of rotatable bonds is 9. The van der Waals surface area contributed by atoms with Crippen molar-refractivity contribution in [3.8, 4) is 0 Å². The van der Waals surface area contributed by atoms with Crippen molar-refractivity contribution in [2.24, 2.45) is 28.6 Å². The number of aliphatic hydroxyl groups is 1. The van der Waals surface area contributed by atoms with Crippen molar-refractivity contribution in [3.63, 3.8) is 0 Å². The van der Waals surface area contributed by atoms with Crippen LogP contribution in [0.4, 0.5) is 14.0 Å². The summed E-state index contributed by atoms with van der Waals surface area (Å²) in [5.41, 5.74) is -3.33. The van der Waals surface area contributed by atoms with Gasteiger partial charge in [-0.25, -0.2) is 14.0 Å². The highest BCUT2D eigenvalue weighted by atomic mass is 19.1. The lowest BCUT2D eigenvalue weighted by molar-refractivity contribution is -0.186. The third-order valence-electron chi connectivity index (χ3n) is 9.77. The number of carbonyl (C=O) groups is 4. The molecule has 0 amide bonds. The summed E-state index contributed by atoms with van der Waals surface area (Å²) >= 11 is 0. The van der Waals surface area contributed by atoms with Crippen LogP contribution in [0.2, 0.25) is 0 Å². The van der Waals surface area contributed by atoms with Gasteiger partial charge >= 0.3 is 12.3 Å². The van der Waals surface area contributed by atoms with Gasteiger partial charge in [0.05, 0.1) is 19.3 Å². The molecule has 40 heavy (non-hydrogen) atoms. The lowest BCUT2D eigenvalue weighted by Crippen LogP contribution is -2.64. The van der Waals surface area contributed by atoms with Crippen molar-refractivity contribution in [2.75, 3.05) is 19.8 Å². The molecule has 0 aliphatic heterocycles. The first kappa shape index (κ1) is 30.2. The topological polar surface area (TPSA) is 125 Å². The van der Waals surface area contributed by atoms with Crippen molar-refractivity contribution < 1.29 is 47.6 Å². The van der Waals surface area contributed by atoms with Gasteiger partial charge in [-0.3, -0.25) is 9.59 Å². The van der Waals surface area contributed by atoms with Crippen molar-refractivity contribution >= 4 is 23.9 Å². The normalized spacial score (nSPS) is 37.9. The minimum Gasteiger partial charge on any atom is -0.434 e. The van der Waals surface area contributed by atoms with E-state index in [-0.39, 0.29) is 50.1 Å². The summed E-state index contributed by atoms with van der Waals surface area (Å²) in [5.74, 6) is -1.94. The molecular weight excluding hydrogens is 523 g/mol. The van der Waals surface area contributed by atoms with Gasteiger partial charge in [-0.2, -0.15) is 0 Å². The number of hydrogen-bond donors (Lipinski definition) is 1. The molecule has 222 valence electrons. The van der Waals surface area contributed by atoms with E-state index in [1.165, 1.54) is 12.2 Å². The van der Waals surface area contributed by atoms with Gasteiger partial charge in [-0.05, 0) is 68.1 Å². The molecule has 0 saturated heterocycles. The van der Waals surface area contributed by atoms with E-state index in [4.69, 9.17) is 18.9 Å². The van der Waals surface area contributed by atoms with Gasteiger partial charge < -0.3 is 24.1 Å². The van der Waals surface area contributed by atoms with Crippen molar-refractivity contribution in [1.82, 2.24) is 0 Å². The minimum absolute atomic E-state index is 0.0787. The van der Waals surface area contributed by atoms with Crippen LogP contribution >= 0.6 is 0 Å².